The summed E-state index contributed by atoms with van der Waals surface area (Å²) in [5.74, 6) is -2.22. The molecule has 7 heteroatoms. The lowest BCUT2D eigenvalue weighted by molar-refractivity contribution is -0.138. The summed E-state index contributed by atoms with van der Waals surface area (Å²) in [5.41, 5.74) is 0.865. The van der Waals surface area contributed by atoms with Crippen LogP contribution in [0, 0.1) is 0 Å². The Morgan fingerprint density at radius 2 is 1.62 bits per heavy atom. The number of nitrogens with zero attached hydrogens (tertiary/aromatic N) is 1. The normalized spacial score (nSPS) is 14.7. The smallest absolute Gasteiger partial charge is 0.305 e. The molecule has 2 amide bonds. The average molecular weight is 364 g/mol. The van der Waals surface area contributed by atoms with E-state index in [0.717, 1.165) is 4.90 Å². The molecule has 24 heavy (non-hydrogen) atoms. The van der Waals surface area contributed by atoms with E-state index in [1.807, 2.05) is 0 Å². The third-order valence-corrected chi connectivity index (χ3v) is 4.39. The molecular formula is C17H11Cl2NO4. The van der Waals surface area contributed by atoms with Crippen LogP contribution in [0.3, 0.4) is 0 Å². The van der Waals surface area contributed by atoms with Crippen molar-refractivity contribution in [2.75, 3.05) is 0 Å². The monoisotopic (exact) mass is 363 g/mol. The SMILES string of the molecule is O=C(O)C[C@H](c1ccc(Cl)cc1Cl)N1C(=O)c2ccccc2C1=O. The quantitative estimate of drug-likeness (QED) is 0.838. The molecule has 0 saturated carbocycles. The van der Waals surface area contributed by atoms with Crippen LogP contribution in [0.4, 0.5) is 0 Å². The maximum Gasteiger partial charge on any atom is 0.305 e. The predicted octanol–water partition coefficient (Wildman–Crippen LogP) is 3.81. The molecule has 0 radical (unpaired) electrons. The number of carboxylic acid groups (broad SMARTS) is 1. The Morgan fingerprint density at radius 1 is 1.04 bits per heavy atom. The van der Waals surface area contributed by atoms with E-state index in [2.05, 4.69) is 0 Å². The number of hydrogen-bond donors (Lipinski definition) is 1. The molecule has 0 fully saturated rings. The minimum atomic E-state index is -1.15. The van der Waals surface area contributed by atoms with Gasteiger partial charge in [0.15, 0.2) is 0 Å². The molecule has 122 valence electrons. The highest BCUT2D eigenvalue weighted by molar-refractivity contribution is 6.35. The van der Waals surface area contributed by atoms with Crippen molar-refractivity contribution in [3.63, 3.8) is 0 Å². The van der Waals surface area contributed by atoms with Crippen LogP contribution in [0.5, 0.6) is 0 Å². The van der Waals surface area contributed by atoms with E-state index >= 15 is 0 Å². The summed E-state index contributed by atoms with van der Waals surface area (Å²) >= 11 is 12.0. The molecule has 1 heterocycles. The van der Waals surface area contributed by atoms with Gasteiger partial charge < -0.3 is 5.11 Å². The summed E-state index contributed by atoms with van der Waals surface area (Å²) in [5, 5.41) is 9.80. The van der Waals surface area contributed by atoms with Gasteiger partial charge in [-0.25, -0.2) is 0 Å². The Hall–Kier alpha value is -2.37. The van der Waals surface area contributed by atoms with E-state index < -0.39 is 30.2 Å². The van der Waals surface area contributed by atoms with Gasteiger partial charge in [-0.05, 0) is 29.8 Å². The fourth-order valence-corrected chi connectivity index (χ4v) is 3.30. The summed E-state index contributed by atoms with van der Waals surface area (Å²) in [4.78, 5) is 37.5. The number of rotatable bonds is 4. The molecule has 2 aromatic rings. The second kappa shape index (κ2) is 6.26. The average Bonchev–Trinajstić information content (AvgIpc) is 2.77. The zero-order chi connectivity index (χ0) is 17.4. The lowest BCUT2D eigenvalue weighted by Gasteiger charge is -2.26. The molecule has 1 aliphatic heterocycles. The molecule has 0 bridgehead atoms. The summed E-state index contributed by atoms with van der Waals surface area (Å²) in [6.45, 7) is 0. The minimum Gasteiger partial charge on any atom is -0.481 e. The molecule has 0 unspecified atom stereocenters. The fourth-order valence-electron chi connectivity index (χ4n) is 2.77. The molecular weight excluding hydrogens is 353 g/mol. The molecule has 0 aromatic heterocycles. The van der Waals surface area contributed by atoms with Crippen molar-refractivity contribution in [3.8, 4) is 0 Å². The summed E-state index contributed by atoms with van der Waals surface area (Å²) in [7, 11) is 0. The first-order chi connectivity index (χ1) is 11.4. The van der Waals surface area contributed by atoms with Crippen molar-refractivity contribution < 1.29 is 19.5 Å². The first-order valence-electron chi connectivity index (χ1n) is 7.04. The van der Waals surface area contributed by atoms with Gasteiger partial charge >= 0.3 is 5.97 Å². The molecule has 0 spiro atoms. The Labute approximate surface area is 147 Å². The third-order valence-electron chi connectivity index (χ3n) is 3.83. The van der Waals surface area contributed by atoms with Crippen LogP contribution >= 0.6 is 23.2 Å². The summed E-state index contributed by atoms with van der Waals surface area (Å²) in [6.07, 6.45) is -0.452. The summed E-state index contributed by atoms with van der Waals surface area (Å²) < 4.78 is 0. The fraction of sp³-hybridized carbons (Fsp3) is 0.118. The number of carbonyl (C=O) groups is 3. The highest BCUT2D eigenvalue weighted by Crippen LogP contribution is 2.37. The van der Waals surface area contributed by atoms with Crippen molar-refractivity contribution >= 4 is 41.0 Å². The maximum atomic E-state index is 12.6. The molecule has 5 nitrogen and oxygen atoms in total. The zero-order valence-electron chi connectivity index (χ0n) is 12.2. The van der Waals surface area contributed by atoms with Crippen LogP contribution < -0.4 is 0 Å². The van der Waals surface area contributed by atoms with Crippen molar-refractivity contribution in [2.24, 2.45) is 0 Å². The number of carbonyl (C=O) groups excluding carboxylic acids is 2. The number of halogens is 2. The van der Waals surface area contributed by atoms with E-state index in [9.17, 15) is 19.5 Å². The number of imide groups is 1. The first kappa shape index (κ1) is 16.5. The highest BCUT2D eigenvalue weighted by Gasteiger charge is 2.41. The standard InChI is InChI=1S/C17H11Cl2NO4/c18-9-5-6-12(13(19)7-9)14(8-15(21)22)20-16(23)10-3-1-2-4-11(10)17(20)24/h1-7,14H,8H2,(H,21,22)/t14-/m1/s1. The largest absolute Gasteiger partial charge is 0.481 e. The van der Waals surface area contributed by atoms with Gasteiger partial charge in [0.05, 0.1) is 23.6 Å². The van der Waals surface area contributed by atoms with E-state index in [4.69, 9.17) is 23.2 Å². The number of fused-ring (bicyclic) bond motifs is 1. The van der Waals surface area contributed by atoms with Gasteiger partial charge in [0, 0.05) is 10.0 Å². The van der Waals surface area contributed by atoms with Crippen molar-refractivity contribution in [2.45, 2.75) is 12.5 Å². The number of benzene rings is 2. The molecule has 1 aliphatic rings. The first-order valence-corrected chi connectivity index (χ1v) is 7.79. The third kappa shape index (κ3) is 2.77. The van der Waals surface area contributed by atoms with Crippen LogP contribution in [0.1, 0.15) is 38.7 Å². The van der Waals surface area contributed by atoms with Gasteiger partial charge in [0.1, 0.15) is 0 Å². The van der Waals surface area contributed by atoms with Crippen molar-refractivity contribution in [1.29, 1.82) is 0 Å². The second-order valence-corrected chi connectivity index (χ2v) is 6.15. The molecule has 1 N–H and O–H groups in total. The Kier molecular flexibility index (Phi) is 4.30. The van der Waals surface area contributed by atoms with Crippen LogP contribution in [-0.4, -0.2) is 27.8 Å². The van der Waals surface area contributed by atoms with Crippen molar-refractivity contribution in [1.82, 2.24) is 4.90 Å². The van der Waals surface area contributed by atoms with E-state index in [1.165, 1.54) is 30.3 Å². The Bertz CT molecular complexity index is 830. The molecule has 3 rings (SSSR count). The summed E-state index contributed by atoms with van der Waals surface area (Å²) in [6, 6.07) is 9.88. The van der Waals surface area contributed by atoms with Gasteiger partial charge in [-0.2, -0.15) is 0 Å². The van der Waals surface area contributed by atoms with Crippen LogP contribution in [0.15, 0.2) is 42.5 Å². The molecule has 0 saturated heterocycles. The van der Waals surface area contributed by atoms with E-state index in [-0.39, 0.29) is 16.1 Å². The van der Waals surface area contributed by atoms with Crippen LogP contribution in [0.25, 0.3) is 0 Å². The van der Waals surface area contributed by atoms with Gasteiger partial charge in [-0.1, -0.05) is 41.4 Å². The minimum absolute atomic E-state index is 0.199. The molecule has 2 aromatic carbocycles. The topological polar surface area (TPSA) is 74.7 Å². The maximum absolute atomic E-state index is 12.6. The van der Waals surface area contributed by atoms with Crippen LogP contribution in [0.2, 0.25) is 10.0 Å². The van der Waals surface area contributed by atoms with Crippen LogP contribution in [-0.2, 0) is 4.79 Å². The van der Waals surface area contributed by atoms with E-state index in [1.54, 1.807) is 12.1 Å². The highest BCUT2D eigenvalue weighted by atomic mass is 35.5. The number of hydrogen-bond acceptors (Lipinski definition) is 3. The molecule has 0 aliphatic carbocycles. The Morgan fingerprint density at radius 3 is 2.12 bits per heavy atom. The molecule has 1 atom stereocenters. The van der Waals surface area contributed by atoms with Gasteiger partial charge in [-0.3, -0.25) is 19.3 Å². The number of aliphatic carboxylic acids is 1. The van der Waals surface area contributed by atoms with Gasteiger partial charge in [-0.15, -0.1) is 0 Å². The number of amides is 2. The number of carboxylic acids is 1. The van der Waals surface area contributed by atoms with Crippen molar-refractivity contribution in [3.05, 3.63) is 69.2 Å². The Balaban J connectivity index is 2.09. The van der Waals surface area contributed by atoms with Gasteiger partial charge in [0.2, 0.25) is 0 Å². The zero-order valence-corrected chi connectivity index (χ0v) is 13.7. The van der Waals surface area contributed by atoms with Gasteiger partial charge in [0.25, 0.3) is 11.8 Å². The second-order valence-electron chi connectivity index (χ2n) is 5.31. The van der Waals surface area contributed by atoms with E-state index in [0.29, 0.717) is 10.6 Å². The lowest BCUT2D eigenvalue weighted by Crippen LogP contribution is -2.35. The predicted molar refractivity (Wildman–Crippen MR) is 88.4 cm³/mol. The lowest BCUT2D eigenvalue weighted by atomic mass is 10.0.